The summed E-state index contributed by atoms with van der Waals surface area (Å²) in [6.07, 6.45) is 0.979. The zero-order valence-electron chi connectivity index (χ0n) is 14.2. The summed E-state index contributed by atoms with van der Waals surface area (Å²) in [6.45, 7) is -2.97. The molecule has 0 atom stereocenters. The molecule has 0 aliphatic rings. The Kier molecular flexibility index (Phi) is 5.75. The van der Waals surface area contributed by atoms with E-state index < -0.39 is 6.61 Å². The van der Waals surface area contributed by atoms with E-state index in [-0.39, 0.29) is 29.3 Å². The number of aromatic nitrogens is 2. The Balaban J connectivity index is 1.58. The second-order valence-corrected chi connectivity index (χ2v) is 5.81. The average molecular weight is 373 g/mol. The third kappa shape index (κ3) is 4.87. The van der Waals surface area contributed by atoms with Gasteiger partial charge in [-0.2, -0.15) is 8.78 Å². The van der Waals surface area contributed by atoms with E-state index in [1.54, 1.807) is 30.3 Å². The Labute approximate surface area is 153 Å². The van der Waals surface area contributed by atoms with E-state index in [1.165, 1.54) is 18.2 Å². The van der Waals surface area contributed by atoms with Gasteiger partial charge >= 0.3 is 6.61 Å². The van der Waals surface area contributed by atoms with Gasteiger partial charge in [0.2, 0.25) is 5.91 Å². The van der Waals surface area contributed by atoms with Crippen LogP contribution in [-0.4, -0.2) is 22.5 Å². The summed E-state index contributed by atoms with van der Waals surface area (Å²) < 4.78 is 29.2. The minimum Gasteiger partial charge on any atom is -0.433 e. The zero-order valence-corrected chi connectivity index (χ0v) is 14.2. The van der Waals surface area contributed by atoms with Crippen LogP contribution in [0.3, 0.4) is 0 Å². The molecule has 1 amide bonds. The fourth-order valence-corrected chi connectivity index (χ4v) is 2.65. The minimum atomic E-state index is -2.97. The molecular formula is C19H17F2N3O3. The van der Waals surface area contributed by atoms with Crippen molar-refractivity contribution >= 4 is 22.5 Å². The fourth-order valence-electron chi connectivity index (χ4n) is 2.65. The van der Waals surface area contributed by atoms with Crippen molar-refractivity contribution in [2.75, 3.05) is 5.32 Å². The fraction of sp³-hybridized carbons (Fsp3) is 0.211. The summed E-state index contributed by atoms with van der Waals surface area (Å²) in [6, 6.07) is 13.0. The molecule has 140 valence electrons. The van der Waals surface area contributed by atoms with Crippen molar-refractivity contribution in [1.29, 1.82) is 0 Å². The van der Waals surface area contributed by atoms with E-state index in [1.807, 2.05) is 0 Å². The second-order valence-electron chi connectivity index (χ2n) is 5.81. The molecule has 3 aromatic rings. The normalized spacial score (nSPS) is 10.9. The lowest BCUT2D eigenvalue weighted by Crippen LogP contribution is -2.15. The first kappa shape index (κ1) is 18.5. The average Bonchev–Trinajstić information content (AvgIpc) is 2.63. The number of ether oxygens (including phenoxy) is 1. The SMILES string of the molecule is O=C(CCCc1nc2ccccc2c(=O)[nH]1)Nc1ccccc1OC(F)F. The molecule has 27 heavy (non-hydrogen) atoms. The number of halogens is 2. The van der Waals surface area contributed by atoms with Gasteiger partial charge in [-0.15, -0.1) is 0 Å². The number of fused-ring (bicyclic) bond motifs is 1. The number of aromatic amines is 1. The van der Waals surface area contributed by atoms with Gasteiger partial charge in [0.25, 0.3) is 5.56 Å². The number of rotatable bonds is 7. The van der Waals surface area contributed by atoms with Gasteiger partial charge in [0.15, 0.2) is 0 Å². The Morgan fingerprint density at radius 1 is 1.15 bits per heavy atom. The van der Waals surface area contributed by atoms with Gasteiger partial charge in [-0.25, -0.2) is 4.98 Å². The quantitative estimate of drug-likeness (QED) is 0.664. The van der Waals surface area contributed by atoms with Crippen LogP contribution in [0.2, 0.25) is 0 Å². The molecular weight excluding hydrogens is 356 g/mol. The van der Waals surface area contributed by atoms with Crippen LogP contribution in [0.5, 0.6) is 5.75 Å². The van der Waals surface area contributed by atoms with E-state index in [0.29, 0.717) is 29.6 Å². The minimum absolute atomic E-state index is 0.0959. The lowest BCUT2D eigenvalue weighted by atomic mass is 10.2. The number of para-hydroxylation sites is 3. The molecule has 0 unspecified atom stereocenters. The maximum absolute atomic E-state index is 12.4. The van der Waals surface area contributed by atoms with Crippen LogP contribution in [-0.2, 0) is 11.2 Å². The van der Waals surface area contributed by atoms with Gasteiger partial charge in [0.1, 0.15) is 11.6 Å². The van der Waals surface area contributed by atoms with Gasteiger partial charge in [-0.05, 0) is 30.7 Å². The number of alkyl halides is 2. The summed E-state index contributed by atoms with van der Waals surface area (Å²) in [5, 5.41) is 3.06. The summed E-state index contributed by atoms with van der Waals surface area (Å²) in [4.78, 5) is 31.2. The first-order chi connectivity index (χ1) is 13.0. The van der Waals surface area contributed by atoms with E-state index >= 15 is 0 Å². The van der Waals surface area contributed by atoms with Crippen LogP contribution in [0.15, 0.2) is 53.3 Å². The number of anilines is 1. The monoisotopic (exact) mass is 373 g/mol. The van der Waals surface area contributed by atoms with Crippen LogP contribution in [0.25, 0.3) is 10.9 Å². The highest BCUT2D eigenvalue weighted by Gasteiger charge is 2.12. The zero-order chi connectivity index (χ0) is 19.2. The Morgan fingerprint density at radius 2 is 1.89 bits per heavy atom. The van der Waals surface area contributed by atoms with E-state index in [9.17, 15) is 18.4 Å². The molecule has 0 fully saturated rings. The van der Waals surface area contributed by atoms with Gasteiger partial charge in [0.05, 0.1) is 16.6 Å². The molecule has 0 aliphatic heterocycles. The number of H-pyrrole nitrogens is 1. The van der Waals surface area contributed by atoms with E-state index in [2.05, 4.69) is 20.0 Å². The number of hydrogen-bond donors (Lipinski definition) is 2. The third-order valence-corrected chi connectivity index (χ3v) is 3.86. The molecule has 1 heterocycles. The molecule has 2 aromatic carbocycles. The predicted molar refractivity (Wildman–Crippen MR) is 97.0 cm³/mol. The first-order valence-electron chi connectivity index (χ1n) is 8.34. The smallest absolute Gasteiger partial charge is 0.387 e. The first-order valence-corrected chi connectivity index (χ1v) is 8.34. The number of amides is 1. The lowest BCUT2D eigenvalue weighted by molar-refractivity contribution is -0.116. The van der Waals surface area contributed by atoms with Crippen LogP contribution in [0, 0.1) is 0 Å². The number of nitrogens with one attached hydrogen (secondary N) is 2. The molecule has 0 spiro atoms. The van der Waals surface area contributed by atoms with Crippen LogP contribution >= 0.6 is 0 Å². The largest absolute Gasteiger partial charge is 0.433 e. The van der Waals surface area contributed by atoms with E-state index in [0.717, 1.165) is 0 Å². The highest BCUT2D eigenvalue weighted by atomic mass is 19.3. The number of hydrogen-bond acceptors (Lipinski definition) is 4. The number of nitrogens with zero attached hydrogens (tertiary/aromatic N) is 1. The molecule has 6 nitrogen and oxygen atoms in total. The third-order valence-electron chi connectivity index (χ3n) is 3.86. The van der Waals surface area contributed by atoms with Gasteiger partial charge in [-0.3, -0.25) is 9.59 Å². The summed E-state index contributed by atoms with van der Waals surface area (Å²) in [5.41, 5.74) is 0.553. The van der Waals surface area contributed by atoms with Crippen LogP contribution < -0.4 is 15.6 Å². The van der Waals surface area contributed by atoms with Crippen LogP contribution in [0.4, 0.5) is 14.5 Å². The van der Waals surface area contributed by atoms with Crippen molar-refractivity contribution in [3.63, 3.8) is 0 Å². The molecule has 0 bridgehead atoms. The van der Waals surface area contributed by atoms with Crippen LogP contribution in [0.1, 0.15) is 18.7 Å². The second kappa shape index (κ2) is 8.39. The topological polar surface area (TPSA) is 84.1 Å². The molecule has 2 N–H and O–H groups in total. The number of aryl methyl sites for hydroxylation is 1. The highest BCUT2D eigenvalue weighted by molar-refractivity contribution is 5.92. The van der Waals surface area contributed by atoms with Crippen molar-refractivity contribution in [1.82, 2.24) is 9.97 Å². The van der Waals surface area contributed by atoms with Crippen molar-refractivity contribution in [3.8, 4) is 5.75 Å². The van der Waals surface area contributed by atoms with Crippen molar-refractivity contribution < 1.29 is 18.3 Å². The standard InChI is InChI=1S/C19H17F2N3O3/c20-19(21)27-15-9-4-3-8-14(15)23-17(25)11-5-10-16-22-13-7-2-1-6-12(13)18(26)24-16/h1-4,6-9,19H,5,10-11H2,(H,23,25)(H,22,24,26). The van der Waals surface area contributed by atoms with Crippen molar-refractivity contribution in [2.24, 2.45) is 0 Å². The van der Waals surface area contributed by atoms with Gasteiger partial charge < -0.3 is 15.0 Å². The molecule has 8 heteroatoms. The highest BCUT2D eigenvalue weighted by Crippen LogP contribution is 2.25. The maximum atomic E-state index is 12.4. The number of carbonyl (C=O) groups is 1. The van der Waals surface area contributed by atoms with Crippen molar-refractivity contribution in [3.05, 3.63) is 64.7 Å². The Bertz CT molecular complexity index is 1000. The molecule has 1 aromatic heterocycles. The molecule has 0 saturated carbocycles. The Morgan fingerprint density at radius 3 is 2.70 bits per heavy atom. The summed E-state index contributed by atoms with van der Waals surface area (Å²) >= 11 is 0. The molecule has 3 rings (SSSR count). The van der Waals surface area contributed by atoms with E-state index in [4.69, 9.17) is 0 Å². The van der Waals surface area contributed by atoms with Crippen molar-refractivity contribution in [2.45, 2.75) is 25.9 Å². The molecule has 0 saturated heterocycles. The predicted octanol–water partition coefficient (Wildman–Crippen LogP) is 3.49. The number of benzene rings is 2. The summed E-state index contributed by atoms with van der Waals surface area (Å²) in [7, 11) is 0. The van der Waals surface area contributed by atoms with Gasteiger partial charge in [-0.1, -0.05) is 24.3 Å². The van der Waals surface area contributed by atoms with Gasteiger partial charge in [0, 0.05) is 12.8 Å². The lowest BCUT2D eigenvalue weighted by Gasteiger charge is -2.11. The maximum Gasteiger partial charge on any atom is 0.387 e. The number of carbonyl (C=O) groups excluding carboxylic acids is 1. The molecule has 0 radical (unpaired) electrons. The Hall–Kier alpha value is -3.29. The summed E-state index contributed by atoms with van der Waals surface area (Å²) in [5.74, 6) is 0.0535. The molecule has 0 aliphatic carbocycles.